The number of hydrogen-bond donors (Lipinski definition) is 1. The van der Waals surface area contributed by atoms with E-state index >= 15 is 0 Å². The molecule has 1 fully saturated rings. The Hall–Kier alpha value is -2.02. The highest BCUT2D eigenvalue weighted by atomic mass is 15.2. The SMILES string of the molecule is CC(C)Cc1nc2ccccn2c1NC(C#N)(CC(C)C)C1CCCCC1. The highest BCUT2D eigenvalue weighted by Crippen LogP contribution is 2.39. The number of pyridine rings is 1. The summed E-state index contributed by atoms with van der Waals surface area (Å²) in [6.45, 7) is 8.89. The Labute approximate surface area is 164 Å². The lowest BCUT2D eigenvalue weighted by Crippen LogP contribution is -2.47. The van der Waals surface area contributed by atoms with Gasteiger partial charge in [0.15, 0.2) is 0 Å². The van der Waals surface area contributed by atoms with E-state index in [9.17, 15) is 5.26 Å². The van der Waals surface area contributed by atoms with Crippen LogP contribution < -0.4 is 5.32 Å². The fourth-order valence-electron chi connectivity index (χ4n) is 4.64. The molecular weight excluding hydrogens is 332 g/mol. The van der Waals surface area contributed by atoms with Gasteiger partial charge in [-0.15, -0.1) is 0 Å². The second-order valence-electron chi connectivity index (χ2n) is 9.07. The molecule has 4 nitrogen and oxygen atoms in total. The molecule has 0 bridgehead atoms. The second kappa shape index (κ2) is 8.33. The lowest BCUT2D eigenvalue weighted by Gasteiger charge is -2.40. The van der Waals surface area contributed by atoms with Crippen LogP contribution in [0.15, 0.2) is 24.4 Å². The molecule has 2 heterocycles. The number of rotatable bonds is 7. The van der Waals surface area contributed by atoms with Crippen LogP contribution in [0, 0.1) is 29.1 Å². The minimum absolute atomic E-state index is 0.403. The molecule has 0 saturated heterocycles. The van der Waals surface area contributed by atoms with Gasteiger partial charge in [-0.25, -0.2) is 4.98 Å². The summed E-state index contributed by atoms with van der Waals surface area (Å²) in [7, 11) is 0. The van der Waals surface area contributed by atoms with Crippen LogP contribution in [0.25, 0.3) is 5.65 Å². The topological polar surface area (TPSA) is 53.1 Å². The fraction of sp³-hybridized carbons (Fsp3) is 0.652. The van der Waals surface area contributed by atoms with E-state index in [0.717, 1.165) is 42.8 Å². The highest BCUT2D eigenvalue weighted by molar-refractivity contribution is 5.57. The normalized spacial score (nSPS) is 18.0. The van der Waals surface area contributed by atoms with Crippen molar-refractivity contribution in [3.63, 3.8) is 0 Å². The average molecular weight is 367 g/mol. The second-order valence-corrected chi connectivity index (χ2v) is 9.07. The zero-order chi connectivity index (χ0) is 19.4. The monoisotopic (exact) mass is 366 g/mol. The molecule has 1 unspecified atom stereocenters. The summed E-state index contributed by atoms with van der Waals surface area (Å²) in [4.78, 5) is 4.89. The molecule has 1 atom stereocenters. The van der Waals surface area contributed by atoms with Crippen molar-refractivity contribution in [3.8, 4) is 6.07 Å². The third-order valence-corrected chi connectivity index (χ3v) is 5.78. The number of nitrogens with one attached hydrogen (secondary N) is 1. The van der Waals surface area contributed by atoms with Gasteiger partial charge in [-0.1, -0.05) is 53.0 Å². The van der Waals surface area contributed by atoms with E-state index in [1.54, 1.807) is 0 Å². The molecule has 1 N–H and O–H groups in total. The van der Waals surface area contributed by atoms with E-state index in [-0.39, 0.29) is 0 Å². The lowest BCUT2D eigenvalue weighted by atomic mass is 9.71. The summed E-state index contributed by atoms with van der Waals surface area (Å²) in [5, 5.41) is 14.2. The Balaban J connectivity index is 2.05. The first-order valence-corrected chi connectivity index (χ1v) is 10.6. The van der Waals surface area contributed by atoms with Crippen molar-refractivity contribution in [1.82, 2.24) is 9.38 Å². The Morgan fingerprint density at radius 3 is 2.56 bits per heavy atom. The van der Waals surface area contributed by atoms with Crippen molar-refractivity contribution in [1.29, 1.82) is 5.26 Å². The van der Waals surface area contributed by atoms with E-state index in [2.05, 4.69) is 49.7 Å². The van der Waals surface area contributed by atoms with Crippen molar-refractivity contribution < 1.29 is 0 Å². The molecule has 0 amide bonds. The van der Waals surface area contributed by atoms with Gasteiger partial charge < -0.3 is 5.32 Å². The van der Waals surface area contributed by atoms with Crippen molar-refractivity contribution in [2.24, 2.45) is 17.8 Å². The lowest BCUT2D eigenvalue weighted by molar-refractivity contribution is 0.242. The molecule has 2 aromatic rings. The van der Waals surface area contributed by atoms with E-state index in [1.165, 1.54) is 19.3 Å². The number of nitriles is 1. The van der Waals surface area contributed by atoms with Crippen LogP contribution >= 0.6 is 0 Å². The first-order chi connectivity index (χ1) is 12.9. The minimum Gasteiger partial charge on any atom is -0.351 e. The van der Waals surface area contributed by atoms with Gasteiger partial charge in [0.25, 0.3) is 0 Å². The maximum absolute atomic E-state index is 10.4. The van der Waals surface area contributed by atoms with Crippen molar-refractivity contribution in [2.45, 2.75) is 78.2 Å². The van der Waals surface area contributed by atoms with Gasteiger partial charge in [-0.05, 0) is 55.6 Å². The van der Waals surface area contributed by atoms with Gasteiger partial charge in [0, 0.05) is 6.20 Å². The quantitative estimate of drug-likeness (QED) is 0.670. The summed E-state index contributed by atoms with van der Waals surface area (Å²) in [5.41, 5.74) is 1.51. The molecule has 4 heteroatoms. The number of anilines is 1. The highest BCUT2D eigenvalue weighted by Gasteiger charge is 2.41. The van der Waals surface area contributed by atoms with Crippen LogP contribution in [-0.4, -0.2) is 14.9 Å². The van der Waals surface area contributed by atoms with Crippen LogP contribution in [-0.2, 0) is 6.42 Å². The van der Waals surface area contributed by atoms with Crippen molar-refractivity contribution in [3.05, 3.63) is 30.1 Å². The van der Waals surface area contributed by atoms with E-state index in [1.807, 2.05) is 18.2 Å². The maximum Gasteiger partial charge on any atom is 0.138 e. The minimum atomic E-state index is -0.522. The number of fused-ring (bicyclic) bond motifs is 1. The molecule has 1 aliphatic rings. The van der Waals surface area contributed by atoms with Crippen LogP contribution in [0.4, 0.5) is 5.82 Å². The number of hydrogen-bond acceptors (Lipinski definition) is 3. The number of nitrogens with zero attached hydrogens (tertiary/aromatic N) is 3. The first kappa shape index (κ1) is 19.7. The predicted octanol–water partition coefficient (Wildman–Crippen LogP) is 5.83. The molecule has 1 saturated carbocycles. The van der Waals surface area contributed by atoms with E-state index in [0.29, 0.717) is 17.8 Å². The summed E-state index contributed by atoms with van der Waals surface area (Å²) in [6, 6.07) is 8.86. The average Bonchev–Trinajstić information content (AvgIpc) is 2.98. The molecule has 1 aliphatic carbocycles. The Bertz CT molecular complexity index is 792. The molecule has 0 aliphatic heterocycles. The fourth-order valence-corrected chi connectivity index (χ4v) is 4.64. The Kier molecular flexibility index (Phi) is 6.09. The third kappa shape index (κ3) is 4.29. The largest absolute Gasteiger partial charge is 0.351 e. The molecule has 0 spiro atoms. The van der Waals surface area contributed by atoms with Gasteiger partial charge in [-0.2, -0.15) is 5.26 Å². The Morgan fingerprint density at radius 2 is 1.93 bits per heavy atom. The molecule has 0 aromatic carbocycles. The maximum atomic E-state index is 10.4. The zero-order valence-electron chi connectivity index (χ0n) is 17.3. The molecule has 3 rings (SSSR count). The van der Waals surface area contributed by atoms with Gasteiger partial charge in [0.05, 0.1) is 11.8 Å². The standard InChI is InChI=1S/C23H34N4/c1-17(2)14-20-22(27-13-9-8-12-21(27)25-20)26-23(16-24,15-18(3)4)19-10-6-5-7-11-19/h8-9,12-13,17-19,26H,5-7,10-11,14-15H2,1-4H3. The summed E-state index contributed by atoms with van der Waals surface area (Å²) in [5.74, 6) is 2.41. The number of imidazole rings is 1. The third-order valence-electron chi connectivity index (χ3n) is 5.78. The van der Waals surface area contributed by atoms with Crippen LogP contribution in [0.5, 0.6) is 0 Å². The molecular formula is C23H34N4. The number of aromatic nitrogens is 2. The zero-order valence-corrected chi connectivity index (χ0v) is 17.3. The molecule has 27 heavy (non-hydrogen) atoms. The van der Waals surface area contributed by atoms with Gasteiger partial charge >= 0.3 is 0 Å². The van der Waals surface area contributed by atoms with Gasteiger partial charge in [0.2, 0.25) is 0 Å². The molecule has 146 valence electrons. The summed E-state index contributed by atoms with van der Waals surface area (Å²) in [6.07, 6.45) is 9.90. The van der Waals surface area contributed by atoms with Gasteiger partial charge in [-0.3, -0.25) is 4.40 Å². The van der Waals surface area contributed by atoms with E-state index < -0.39 is 5.54 Å². The van der Waals surface area contributed by atoms with Crippen molar-refractivity contribution in [2.75, 3.05) is 5.32 Å². The van der Waals surface area contributed by atoms with Crippen LogP contribution in [0.1, 0.15) is 71.9 Å². The molecule has 2 aromatic heterocycles. The van der Waals surface area contributed by atoms with Crippen LogP contribution in [0.2, 0.25) is 0 Å². The van der Waals surface area contributed by atoms with Gasteiger partial charge in [0.1, 0.15) is 17.0 Å². The smallest absolute Gasteiger partial charge is 0.138 e. The summed E-state index contributed by atoms with van der Waals surface area (Å²) >= 11 is 0. The van der Waals surface area contributed by atoms with Crippen LogP contribution in [0.3, 0.4) is 0 Å². The predicted molar refractivity (Wildman–Crippen MR) is 112 cm³/mol. The van der Waals surface area contributed by atoms with Crippen molar-refractivity contribution >= 4 is 11.5 Å². The Morgan fingerprint density at radius 1 is 1.19 bits per heavy atom. The summed E-state index contributed by atoms with van der Waals surface area (Å²) < 4.78 is 2.13. The van der Waals surface area contributed by atoms with E-state index in [4.69, 9.17) is 4.98 Å². The molecule has 0 radical (unpaired) electrons. The first-order valence-electron chi connectivity index (χ1n) is 10.6.